The van der Waals surface area contributed by atoms with Gasteiger partial charge in [0.1, 0.15) is 0 Å². The Kier molecular flexibility index (Phi) is 1.40. The van der Waals surface area contributed by atoms with E-state index in [1.165, 1.54) is 0 Å². The maximum atomic E-state index is 9.36. The maximum absolute atomic E-state index is 9.36. The normalized spacial score (nSPS) is 10.3. The summed E-state index contributed by atoms with van der Waals surface area (Å²) in [5.74, 6) is -0.0996. The zero-order valence-corrected chi connectivity index (χ0v) is 6.36. The van der Waals surface area contributed by atoms with Crippen molar-refractivity contribution in [1.29, 1.82) is 0 Å². The van der Waals surface area contributed by atoms with E-state index in [0.29, 0.717) is 5.56 Å². The zero-order chi connectivity index (χ0) is 8.55. The number of fused-ring (bicyclic) bond motifs is 1. The molecular weight excluding hydrogens is 152 g/mol. The highest BCUT2D eigenvalue weighted by atomic mass is 16.3. The lowest BCUT2D eigenvalue weighted by Crippen LogP contribution is -1.63. The predicted octanol–water partition coefficient (Wildman–Crippen LogP) is 2.20. The molecule has 0 saturated heterocycles. The number of rotatable bonds is 0. The Morgan fingerprint density at radius 3 is 2.50 bits per heavy atom. The average molecular weight is 160 g/mol. The van der Waals surface area contributed by atoms with Crippen LogP contribution >= 0.6 is 0 Å². The summed E-state index contributed by atoms with van der Waals surface area (Å²) in [5.41, 5.74) is 1.52. The van der Waals surface area contributed by atoms with E-state index in [4.69, 9.17) is 0 Å². The first kappa shape index (κ1) is 6.98. The molecule has 0 amide bonds. The molecule has 0 bridgehead atoms. The molecule has 2 aliphatic carbocycles. The van der Waals surface area contributed by atoms with Crippen LogP contribution in [0.4, 0.5) is 0 Å². The quantitative estimate of drug-likeness (QED) is 0.620. The van der Waals surface area contributed by atoms with Crippen LogP contribution in [-0.4, -0.2) is 10.2 Å². The third-order valence-corrected chi connectivity index (χ3v) is 1.86. The van der Waals surface area contributed by atoms with Crippen molar-refractivity contribution in [1.82, 2.24) is 0 Å². The highest BCUT2D eigenvalue weighted by molar-refractivity contribution is 5.78. The van der Waals surface area contributed by atoms with Crippen molar-refractivity contribution in [3.8, 4) is 22.6 Å². The standard InChI is InChI=1S/C10H8O2/c11-9-6-7-4-2-1-3-5-8(7)10(9)12/h1-6,11-12H. The molecule has 2 rings (SSSR count). The van der Waals surface area contributed by atoms with Crippen LogP contribution in [0.5, 0.6) is 11.5 Å². The Balaban J connectivity index is 2.79. The molecule has 0 spiro atoms. The summed E-state index contributed by atoms with van der Waals surface area (Å²) in [4.78, 5) is 0. The lowest BCUT2D eigenvalue weighted by Gasteiger charge is -1.90. The van der Waals surface area contributed by atoms with E-state index in [0.717, 1.165) is 5.56 Å². The van der Waals surface area contributed by atoms with Gasteiger partial charge in [0.25, 0.3) is 0 Å². The topological polar surface area (TPSA) is 40.5 Å². The Morgan fingerprint density at radius 1 is 0.917 bits per heavy atom. The average Bonchev–Trinajstić information content (AvgIpc) is 2.30. The molecule has 0 radical (unpaired) electrons. The second-order valence-electron chi connectivity index (χ2n) is 2.66. The minimum atomic E-state index is -0.0591. The third-order valence-electron chi connectivity index (χ3n) is 1.86. The fourth-order valence-corrected chi connectivity index (χ4v) is 1.26. The molecule has 0 atom stereocenters. The van der Waals surface area contributed by atoms with Gasteiger partial charge in [0.15, 0.2) is 11.5 Å². The highest BCUT2D eigenvalue weighted by Crippen LogP contribution is 2.40. The summed E-state index contributed by atoms with van der Waals surface area (Å²) in [6.45, 7) is 0. The molecule has 2 heteroatoms. The number of hydrogen-bond donors (Lipinski definition) is 2. The van der Waals surface area contributed by atoms with Crippen LogP contribution in [0.3, 0.4) is 0 Å². The van der Waals surface area contributed by atoms with Gasteiger partial charge in [0.05, 0.1) is 0 Å². The minimum absolute atomic E-state index is 0.0406. The Morgan fingerprint density at radius 2 is 1.67 bits per heavy atom. The lowest BCUT2D eigenvalue weighted by atomic mass is 10.2. The van der Waals surface area contributed by atoms with Gasteiger partial charge < -0.3 is 10.2 Å². The molecule has 0 heterocycles. The predicted molar refractivity (Wildman–Crippen MR) is 46.4 cm³/mol. The summed E-state index contributed by atoms with van der Waals surface area (Å²) in [7, 11) is 0. The zero-order valence-electron chi connectivity index (χ0n) is 6.36. The van der Waals surface area contributed by atoms with Gasteiger partial charge >= 0.3 is 0 Å². The molecule has 0 aromatic carbocycles. The smallest absolute Gasteiger partial charge is 0.165 e. The van der Waals surface area contributed by atoms with E-state index in [1.807, 2.05) is 24.3 Å². The molecule has 0 aliphatic heterocycles. The van der Waals surface area contributed by atoms with Crippen molar-refractivity contribution in [2.75, 3.05) is 0 Å². The van der Waals surface area contributed by atoms with Gasteiger partial charge in [-0.25, -0.2) is 0 Å². The molecule has 0 fully saturated rings. The molecule has 0 aromatic heterocycles. The molecule has 0 aromatic rings. The fraction of sp³-hybridized carbons (Fsp3) is 0. The van der Waals surface area contributed by atoms with Crippen LogP contribution in [-0.2, 0) is 0 Å². The minimum Gasteiger partial charge on any atom is -0.504 e. The molecule has 0 unspecified atom stereocenters. The van der Waals surface area contributed by atoms with Crippen molar-refractivity contribution >= 4 is 0 Å². The van der Waals surface area contributed by atoms with Crippen LogP contribution in [0.1, 0.15) is 0 Å². The van der Waals surface area contributed by atoms with Crippen molar-refractivity contribution in [3.05, 3.63) is 36.4 Å². The van der Waals surface area contributed by atoms with Crippen LogP contribution in [0.25, 0.3) is 11.1 Å². The molecule has 2 nitrogen and oxygen atoms in total. The van der Waals surface area contributed by atoms with Crippen LogP contribution in [0.2, 0.25) is 0 Å². The summed E-state index contributed by atoms with van der Waals surface area (Å²) in [6, 6.07) is 10.7. The van der Waals surface area contributed by atoms with E-state index in [-0.39, 0.29) is 11.5 Å². The van der Waals surface area contributed by atoms with Gasteiger partial charge in [-0.15, -0.1) is 0 Å². The van der Waals surface area contributed by atoms with Gasteiger partial charge in [-0.3, -0.25) is 0 Å². The van der Waals surface area contributed by atoms with E-state index in [9.17, 15) is 10.2 Å². The lowest BCUT2D eigenvalue weighted by molar-refractivity contribution is 0.409. The van der Waals surface area contributed by atoms with E-state index >= 15 is 0 Å². The molecule has 2 aliphatic rings. The van der Waals surface area contributed by atoms with E-state index in [2.05, 4.69) is 0 Å². The Hall–Kier alpha value is -1.70. The largest absolute Gasteiger partial charge is 0.504 e. The van der Waals surface area contributed by atoms with Crippen LogP contribution in [0.15, 0.2) is 36.4 Å². The SMILES string of the molecule is Oc1cc2cccccc-2c1O. The maximum Gasteiger partial charge on any atom is 0.165 e. The first-order chi connectivity index (χ1) is 5.79. The first-order valence-electron chi connectivity index (χ1n) is 3.69. The van der Waals surface area contributed by atoms with Gasteiger partial charge in [-0.1, -0.05) is 30.3 Å². The first-order valence-corrected chi connectivity index (χ1v) is 3.69. The summed E-state index contributed by atoms with van der Waals surface area (Å²) in [5, 5.41) is 18.5. The van der Waals surface area contributed by atoms with Gasteiger partial charge in [0.2, 0.25) is 0 Å². The second-order valence-corrected chi connectivity index (χ2v) is 2.66. The number of hydrogen-bond acceptors (Lipinski definition) is 2. The molecule has 12 heavy (non-hydrogen) atoms. The summed E-state index contributed by atoms with van der Waals surface area (Å²) < 4.78 is 0. The van der Waals surface area contributed by atoms with Crippen molar-refractivity contribution in [2.24, 2.45) is 0 Å². The van der Waals surface area contributed by atoms with Gasteiger partial charge in [-0.2, -0.15) is 0 Å². The number of aromatic hydroxyl groups is 2. The second kappa shape index (κ2) is 2.41. The third kappa shape index (κ3) is 0.889. The highest BCUT2D eigenvalue weighted by Gasteiger charge is 2.11. The molecule has 0 saturated carbocycles. The Bertz CT molecular complexity index is 382. The van der Waals surface area contributed by atoms with Crippen molar-refractivity contribution in [3.63, 3.8) is 0 Å². The molecule has 2 N–H and O–H groups in total. The van der Waals surface area contributed by atoms with Crippen LogP contribution in [0, 0.1) is 0 Å². The van der Waals surface area contributed by atoms with Gasteiger partial charge in [0, 0.05) is 5.56 Å². The van der Waals surface area contributed by atoms with Crippen molar-refractivity contribution < 1.29 is 10.2 Å². The molecular formula is C10H8O2. The van der Waals surface area contributed by atoms with Crippen LogP contribution < -0.4 is 0 Å². The Labute approximate surface area is 70.1 Å². The monoisotopic (exact) mass is 160 g/mol. The summed E-state index contributed by atoms with van der Waals surface area (Å²) in [6.07, 6.45) is 0. The molecule has 60 valence electrons. The van der Waals surface area contributed by atoms with E-state index in [1.54, 1.807) is 12.1 Å². The van der Waals surface area contributed by atoms with E-state index < -0.39 is 0 Å². The van der Waals surface area contributed by atoms with Crippen molar-refractivity contribution in [2.45, 2.75) is 0 Å². The summed E-state index contributed by atoms with van der Waals surface area (Å²) >= 11 is 0. The van der Waals surface area contributed by atoms with Gasteiger partial charge in [-0.05, 0) is 11.6 Å². The fourth-order valence-electron chi connectivity index (χ4n) is 1.26.